The molecule has 0 heterocycles. The van der Waals surface area contributed by atoms with Gasteiger partial charge in [0.15, 0.2) is 0 Å². The lowest BCUT2D eigenvalue weighted by molar-refractivity contribution is -0.138. The monoisotopic (exact) mass is 149 g/mol. The number of aliphatic carboxylic acids is 1. The maximum atomic E-state index is 10.2. The van der Waals surface area contributed by atoms with E-state index in [2.05, 4.69) is 0 Å². The summed E-state index contributed by atoms with van der Waals surface area (Å²) >= 11 is 1.46. The minimum Gasteiger partial charge on any atom is -0.480 e. The van der Waals surface area contributed by atoms with Gasteiger partial charge in [0.05, 0.1) is 0 Å². The van der Waals surface area contributed by atoms with E-state index in [0.29, 0.717) is 0 Å². The van der Waals surface area contributed by atoms with Crippen LogP contribution in [0.3, 0.4) is 0 Å². The predicted octanol–water partition coefficient (Wildman–Crippen LogP) is 0.150. The van der Waals surface area contributed by atoms with Crippen molar-refractivity contribution >= 4 is 17.7 Å². The van der Waals surface area contributed by atoms with Crippen LogP contribution in [0, 0.1) is 0 Å². The molecule has 2 atom stereocenters. The number of rotatable bonds is 3. The molecule has 0 aliphatic heterocycles. The Morgan fingerprint density at radius 3 is 2.33 bits per heavy atom. The summed E-state index contributed by atoms with van der Waals surface area (Å²) in [5.41, 5.74) is 5.25. The number of hydrogen-bond donors (Lipinski definition) is 2. The average Bonchev–Trinajstić information content (AvgIpc) is 1.84. The molecule has 54 valence electrons. The lowest BCUT2D eigenvalue weighted by atomic mass is 10.2. The van der Waals surface area contributed by atoms with E-state index in [-0.39, 0.29) is 5.25 Å². The van der Waals surface area contributed by atoms with Crippen molar-refractivity contribution in [3.05, 3.63) is 0 Å². The number of carboxylic acid groups (broad SMARTS) is 1. The molecule has 0 bridgehead atoms. The zero-order valence-corrected chi connectivity index (χ0v) is 6.31. The van der Waals surface area contributed by atoms with Crippen LogP contribution in [0.2, 0.25) is 0 Å². The summed E-state index contributed by atoms with van der Waals surface area (Å²) in [6, 6.07) is -0.736. The fraction of sp³-hybridized carbons (Fsp3) is 0.800. The van der Waals surface area contributed by atoms with Crippen LogP contribution in [-0.4, -0.2) is 28.6 Å². The second-order valence-electron chi connectivity index (χ2n) is 1.80. The Hall–Kier alpha value is -0.220. The van der Waals surface area contributed by atoms with Gasteiger partial charge in [-0.3, -0.25) is 4.79 Å². The Kier molecular flexibility index (Phi) is 3.65. The highest BCUT2D eigenvalue weighted by Gasteiger charge is 2.17. The van der Waals surface area contributed by atoms with Gasteiger partial charge in [0.2, 0.25) is 0 Å². The Morgan fingerprint density at radius 1 is 1.78 bits per heavy atom. The molecule has 3 nitrogen and oxygen atoms in total. The zero-order valence-electron chi connectivity index (χ0n) is 5.50. The van der Waals surface area contributed by atoms with Crippen LogP contribution in [0.4, 0.5) is 0 Å². The van der Waals surface area contributed by atoms with E-state index >= 15 is 0 Å². The molecule has 0 rings (SSSR count). The van der Waals surface area contributed by atoms with Crippen molar-refractivity contribution in [1.29, 1.82) is 0 Å². The van der Waals surface area contributed by atoms with Gasteiger partial charge in [0, 0.05) is 5.25 Å². The Bertz CT molecular complexity index is 107. The van der Waals surface area contributed by atoms with Crippen LogP contribution in [0.15, 0.2) is 0 Å². The summed E-state index contributed by atoms with van der Waals surface area (Å²) < 4.78 is 0. The zero-order chi connectivity index (χ0) is 7.44. The third-order valence-corrected chi connectivity index (χ3v) is 2.20. The highest BCUT2D eigenvalue weighted by Crippen LogP contribution is 2.07. The third-order valence-electron chi connectivity index (χ3n) is 1.16. The fourth-order valence-corrected chi connectivity index (χ4v) is 0.757. The van der Waals surface area contributed by atoms with Crippen molar-refractivity contribution in [2.45, 2.75) is 18.2 Å². The molecule has 0 aromatic heterocycles. The standard InChI is InChI=1S/C5H11NO2S/c1-3(9-2)4(6)5(7)8/h3-4H,6H2,1-2H3,(H,7,8). The van der Waals surface area contributed by atoms with Crippen molar-refractivity contribution in [3.63, 3.8) is 0 Å². The molecule has 3 N–H and O–H groups in total. The van der Waals surface area contributed by atoms with Gasteiger partial charge in [-0.1, -0.05) is 6.92 Å². The molecule has 0 fully saturated rings. The van der Waals surface area contributed by atoms with Crippen LogP contribution >= 0.6 is 11.8 Å². The number of carbonyl (C=O) groups is 1. The molecule has 0 spiro atoms. The molecule has 0 aliphatic carbocycles. The van der Waals surface area contributed by atoms with Gasteiger partial charge in [-0.2, -0.15) is 11.8 Å². The quantitative estimate of drug-likeness (QED) is 0.599. The summed E-state index contributed by atoms with van der Waals surface area (Å²) in [5.74, 6) is -0.933. The van der Waals surface area contributed by atoms with Gasteiger partial charge in [-0.15, -0.1) is 0 Å². The largest absolute Gasteiger partial charge is 0.480 e. The molecular formula is C5H11NO2S. The fourth-order valence-electron chi connectivity index (χ4n) is 0.347. The first-order valence-corrected chi connectivity index (χ1v) is 3.89. The molecule has 0 saturated heterocycles. The lowest BCUT2D eigenvalue weighted by Gasteiger charge is -2.11. The summed E-state index contributed by atoms with van der Waals surface area (Å²) in [4.78, 5) is 10.2. The van der Waals surface area contributed by atoms with Gasteiger partial charge in [-0.25, -0.2) is 0 Å². The Labute approximate surface area is 58.6 Å². The first-order chi connectivity index (χ1) is 4.09. The summed E-state index contributed by atoms with van der Waals surface area (Å²) in [7, 11) is 0. The highest BCUT2D eigenvalue weighted by molar-refractivity contribution is 7.99. The number of nitrogens with two attached hydrogens (primary N) is 1. The van der Waals surface area contributed by atoms with Crippen LogP contribution in [0.1, 0.15) is 6.92 Å². The van der Waals surface area contributed by atoms with Crippen molar-refractivity contribution in [1.82, 2.24) is 0 Å². The Morgan fingerprint density at radius 2 is 2.22 bits per heavy atom. The molecule has 0 aromatic carbocycles. The second-order valence-corrected chi connectivity index (χ2v) is 3.02. The van der Waals surface area contributed by atoms with Gasteiger partial charge in [-0.05, 0) is 6.26 Å². The van der Waals surface area contributed by atoms with Crippen molar-refractivity contribution < 1.29 is 9.90 Å². The molecule has 9 heavy (non-hydrogen) atoms. The summed E-state index contributed by atoms with van der Waals surface area (Å²) in [6.45, 7) is 1.80. The summed E-state index contributed by atoms with van der Waals surface area (Å²) in [5, 5.41) is 8.33. The lowest BCUT2D eigenvalue weighted by Crippen LogP contribution is -2.38. The molecule has 0 radical (unpaired) electrons. The van der Waals surface area contributed by atoms with E-state index in [9.17, 15) is 4.79 Å². The molecule has 0 saturated carbocycles. The number of thioether (sulfide) groups is 1. The van der Waals surface area contributed by atoms with E-state index in [4.69, 9.17) is 10.8 Å². The molecule has 0 amide bonds. The number of hydrogen-bond acceptors (Lipinski definition) is 3. The third kappa shape index (κ3) is 2.72. The van der Waals surface area contributed by atoms with Crippen molar-refractivity contribution in [3.8, 4) is 0 Å². The maximum absolute atomic E-state index is 10.2. The summed E-state index contributed by atoms with van der Waals surface area (Å²) in [6.07, 6.45) is 1.84. The van der Waals surface area contributed by atoms with Gasteiger partial charge in [0.1, 0.15) is 6.04 Å². The molecule has 2 unspecified atom stereocenters. The normalized spacial score (nSPS) is 16.8. The van der Waals surface area contributed by atoms with Crippen LogP contribution in [-0.2, 0) is 4.79 Å². The van der Waals surface area contributed by atoms with E-state index in [0.717, 1.165) is 0 Å². The first-order valence-electron chi connectivity index (χ1n) is 2.60. The predicted molar refractivity (Wildman–Crippen MR) is 38.6 cm³/mol. The average molecular weight is 149 g/mol. The smallest absolute Gasteiger partial charge is 0.321 e. The number of carboxylic acids is 1. The van der Waals surface area contributed by atoms with Crippen LogP contribution < -0.4 is 5.73 Å². The van der Waals surface area contributed by atoms with E-state index in [1.165, 1.54) is 11.8 Å². The van der Waals surface area contributed by atoms with Crippen LogP contribution in [0.25, 0.3) is 0 Å². The minimum atomic E-state index is -0.933. The van der Waals surface area contributed by atoms with Gasteiger partial charge < -0.3 is 10.8 Å². The molecule has 4 heteroatoms. The molecule has 0 aromatic rings. The van der Waals surface area contributed by atoms with Crippen LogP contribution in [0.5, 0.6) is 0 Å². The maximum Gasteiger partial charge on any atom is 0.321 e. The highest BCUT2D eigenvalue weighted by atomic mass is 32.2. The van der Waals surface area contributed by atoms with E-state index < -0.39 is 12.0 Å². The molecular weight excluding hydrogens is 138 g/mol. The van der Waals surface area contributed by atoms with Gasteiger partial charge in [0.25, 0.3) is 0 Å². The van der Waals surface area contributed by atoms with Crippen molar-refractivity contribution in [2.24, 2.45) is 5.73 Å². The first kappa shape index (κ1) is 8.78. The van der Waals surface area contributed by atoms with E-state index in [1.807, 2.05) is 6.26 Å². The van der Waals surface area contributed by atoms with Gasteiger partial charge >= 0.3 is 5.97 Å². The van der Waals surface area contributed by atoms with Crippen molar-refractivity contribution in [2.75, 3.05) is 6.26 Å². The Balaban J connectivity index is 3.72. The minimum absolute atomic E-state index is 0.0116. The van der Waals surface area contributed by atoms with E-state index in [1.54, 1.807) is 6.92 Å². The SMILES string of the molecule is CSC(C)C(N)C(=O)O. The topological polar surface area (TPSA) is 63.3 Å². The molecule has 0 aliphatic rings. The second kappa shape index (κ2) is 3.74.